The van der Waals surface area contributed by atoms with E-state index in [-0.39, 0.29) is 6.04 Å². The number of aliphatic hydroxyl groups is 1. The van der Waals surface area contributed by atoms with E-state index < -0.39 is 6.10 Å². The van der Waals surface area contributed by atoms with Crippen LogP contribution in [-0.4, -0.2) is 48.8 Å². The predicted octanol–water partition coefficient (Wildman–Crippen LogP) is 3.18. The van der Waals surface area contributed by atoms with Crippen molar-refractivity contribution >= 4 is 11.5 Å². The molecule has 5 nitrogen and oxygen atoms in total. The number of aliphatic imine (C=N–C) groups is 1. The van der Waals surface area contributed by atoms with Gasteiger partial charge in [0.2, 0.25) is 0 Å². The molecule has 140 valence electrons. The Morgan fingerprint density at radius 3 is 2.88 bits per heavy atom. The van der Waals surface area contributed by atoms with Gasteiger partial charge in [-0.1, -0.05) is 32.3 Å². The van der Waals surface area contributed by atoms with Crippen LogP contribution in [0.3, 0.4) is 0 Å². The van der Waals surface area contributed by atoms with Crippen molar-refractivity contribution in [1.82, 2.24) is 4.90 Å². The maximum absolute atomic E-state index is 9.89. The summed E-state index contributed by atoms with van der Waals surface area (Å²) in [4.78, 5) is 6.79. The van der Waals surface area contributed by atoms with Gasteiger partial charge in [-0.3, -0.25) is 0 Å². The first kappa shape index (κ1) is 19.9. The first-order valence-corrected chi connectivity index (χ1v) is 9.43. The van der Waals surface area contributed by atoms with Crippen molar-refractivity contribution in [3.63, 3.8) is 0 Å². The van der Waals surface area contributed by atoms with Crippen molar-refractivity contribution in [3.05, 3.63) is 29.3 Å². The zero-order valence-corrected chi connectivity index (χ0v) is 15.9. The number of rotatable bonds is 9. The number of unbranched alkanes of at least 4 members (excludes halogenated alkanes) is 3. The minimum absolute atomic E-state index is 0.302. The van der Waals surface area contributed by atoms with Crippen LogP contribution in [0.5, 0.6) is 0 Å². The third-order valence-corrected chi connectivity index (χ3v) is 4.89. The van der Waals surface area contributed by atoms with Crippen LogP contribution in [0.4, 0.5) is 5.69 Å². The Morgan fingerprint density at radius 2 is 2.12 bits per heavy atom. The molecule has 0 bridgehead atoms. The average molecular weight is 348 g/mol. The van der Waals surface area contributed by atoms with Crippen LogP contribution in [0.15, 0.2) is 23.2 Å². The highest BCUT2D eigenvalue weighted by Crippen LogP contribution is 2.32. The van der Waals surface area contributed by atoms with Gasteiger partial charge in [0.15, 0.2) is 0 Å². The van der Waals surface area contributed by atoms with Gasteiger partial charge in [0.25, 0.3) is 0 Å². The van der Waals surface area contributed by atoms with Gasteiger partial charge in [0.1, 0.15) is 5.84 Å². The molecule has 25 heavy (non-hydrogen) atoms. The standard InChI is InChI=1S/C20H33N3O2/c1-4-5-6-7-11-25-12-10-23(3)15(2)22-17-9-8-16-13-19(24)20(21)18(16)14-17/h8-9,14,19-20,24H,4-7,10-13,21H2,1-3H3/t19-,20-/m1/s1. The number of nitrogens with zero attached hydrogens (tertiary/aromatic N) is 2. The predicted molar refractivity (Wildman–Crippen MR) is 103 cm³/mol. The lowest BCUT2D eigenvalue weighted by atomic mass is 10.1. The third kappa shape index (κ3) is 5.80. The second-order valence-corrected chi connectivity index (χ2v) is 6.93. The van der Waals surface area contributed by atoms with Crippen LogP contribution in [0.25, 0.3) is 0 Å². The number of amidine groups is 1. The smallest absolute Gasteiger partial charge is 0.101 e. The molecule has 5 heteroatoms. The van der Waals surface area contributed by atoms with Crippen molar-refractivity contribution in [2.24, 2.45) is 10.7 Å². The van der Waals surface area contributed by atoms with Gasteiger partial charge in [0, 0.05) is 26.6 Å². The van der Waals surface area contributed by atoms with E-state index >= 15 is 0 Å². The molecule has 2 rings (SSSR count). The van der Waals surface area contributed by atoms with Gasteiger partial charge in [0.05, 0.1) is 24.4 Å². The highest BCUT2D eigenvalue weighted by Gasteiger charge is 2.27. The first-order chi connectivity index (χ1) is 12.0. The molecular formula is C20H33N3O2. The molecule has 0 heterocycles. The molecule has 1 aromatic carbocycles. The van der Waals surface area contributed by atoms with Crippen molar-refractivity contribution in [3.8, 4) is 0 Å². The minimum atomic E-state index is -0.479. The maximum atomic E-state index is 9.89. The maximum Gasteiger partial charge on any atom is 0.101 e. The molecule has 0 aliphatic heterocycles. The molecule has 2 atom stereocenters. The number of likely N-dealkylation sites (N-methyl/N-ethyl adjacent to an activating group) is 1. The van der Waals surface area contributed by atoms with Crippen LogP contribution in [0.1, 0.15) is 56.7 Å². The molecule has 3 N–H and O–H groups in total. The van der Waals surface area contributed by atoms with E-state index in [9.17, 15) is 5.11 Å². The SMILES string of the molecule is CCCCCCOCCN(C)C(C)=Nc1ccc2c(c1)[C@@H](N)[C@H](O)C2. The lowest BCUT2D eigenvalue weighted by molar-refractivity contribution is 0.120. The summed E-state index contributed by atoms with van der Waals surface area (Å²) in [6.45, 7) is 6.61. The summed E-state index contributed by atoms with van der Waals surface area (Å²) in [5.74, 6) is 0.946. The van der Waals surface area contributed by atoms with Crippen molar-refractivity contribution in [2.75, 3.05) is 26.8 Å². The Kier molecular flexibility index (Phi) is 7.88. The van der Waals surface area contributed by atoms with Gasteiger partial charge in [-0.05, 0) is 36.6 Å². The summed E-state index contributed by atoms with van der Waals surface area (Å²) in [5, 5.41) is 9.89. The Labute approximate surface area is 151 Å². The zero-order valence-electron chi connectivity index (χ0n) is 15.9. The molecule has 0 spiro atoms. The van der Waals surface area contributed by atoms with E-state index in [1.165, 1.54) is 19.3 Å². The highest BCUT2D eigenvalue weighted by molar-refractivity contribution is 5.82. The van der Waals surface area contributed by atoms with Gasteiger partial charge in [-0.15, -0.1) is 0 Å². The number of hydrogen-bond donors (Lipinski definition) is 2. The monoisotopic (exact) mass is 347 g/mol. The van der Waals surface area contributed by atoms with E-state index in [4.69, 9.17) is 10.5 Å². The van der Waals surface area contributed by atoms with Crippen molar-refractivity contribution < 1.29 is 9.84 Å². The molecule has 0 fully saturated rings. The highest BCUT2D eigenvalue weighted by atomic mass is 16.5. The number of ether oxygens (including phenoxy) is 1. The first-order valence-electron chi connectivity index (χ1n) is 9.43. The van der Waals surface area contributed by atoms with Gasteiger partial charge in [-0.25, -0.2) is 4.99 Å². The molecule has 1 aliphatic rings. The molecule has 0 saturated heterocycles. The molecular weight excluding hydrogens is 314 g/mol. The Balaban J connectivity index is 1.80. The number of aliphatic hydroxyl groups excluding tert-OH is 1. The average Bonchev–Trinajstić information content (AvgIpc) is 2.88. The normalized spacial score (nSPS) is 20.0. The Bertz CT molecular complexity index is 574. The summed E-state index contributed by atoms with van der Waals surface area (Å²) < 4.78 is 5.70. The van der Waals surface area contributed by atoms with Gasteiger partial charge >= 0.3 is 0 Å². The summed E-state index contributed by atoms with van der Waals surface area (Å²) in [5.41, 5.74) is 9.07. The summed E-state index contributed by atoms with van der Waals surface area (Å²) in [6.07, 6.45) is 5.09. The second-order valence-electron chi connectivity index (χ2n) is 6.93. The summed E-state index contributed by atoms with van der Waals surface area (Å²) in [7, 11) is 2.03. The molecule has 0 radical (unpaired) electrons. The van der Waals surface area contributed by atoms with E-state index in [0.717, 1.165) is 48.8 Å². The lowest BCUT2D eigenvalue weighted by Crippen LogP contribution is -2.28. The van der Waals surface area contributed by atoms with E-state index in [1.54, 1.807) is 0 Å². The lowest BCUT2D eigenvalue weighted by Gasteiger charge is -2.19. The Morgan fingerprint density at radius 1 is 1.32 bits per heavy atom. The summed E-state index contributed by atoms with van der Waals surface area (Å²) in [6, 6.07) is 5.71. The molecule has 0 amide bonds. The number of nitrogens with two attached hydrogens (primary N) is 1. The second kappa shape index (κ2) is 9.90. The third-order valence-electron chi connectivity index (χ3n) is 4.89. The van der Waals surface area contributed by atoms with Crippen LogP contribution in [-0.2, 0) is 11.2 Å². The van der Waals surface area contributed by atoms with Crippen molar-refractivity contribution in [1.29, 1.82) is 0 Å². The van der Waals surface area contributed by atoms with Crippen LogP contribution >= 0.6 is 0 Å². The minimum Gasteiger partial charge on any atom is -0.391 e. The molecule has 0 aromatic heterocycles. The molecule has 0 unspecified atom stereocenters. The number of hydrogen-bond acceptors (Lipinski definition) is 4. The largest absolute Gasteiger partial charge is 0.391 e. The molecule has 1 aliphatic carbocycles. The quantitative estimate of drug-likeness (QED) is 0.409. The fourth-order valence-electron chi connectivity index (χ4n) is 3.08. The fourth-order valence-corrected chi connectivity index (χ4v) is 3.08. The number of fused-ring (bicyclic) bond motifs is 1. The van der Waals surface area contributed by atoms with E-state index in [0.29, 0.717) is 6.42 Å². The molecule has 0 saturated carbocycles. The van der Waals surface area contributed by atoms with Gasteiger partial charge < -0.3 is 20.5 Å². The summed E-state index contributed by atoms with van der Waals surface area (Å²) >= 11 is 0. The van der Waals surface area contributed by atoms with Crippen LogP contribution < -0.4 is 5.73 Å². The van der Waals surface area contributed by atoms with Crippen LogP contribution in [0, 0.1) is 0 Å². The Hall–Kier alpha value is -1.43. The van der Waals surface area contributed by atoms with E-state index in [1.807, 2.05) is 32.2 Å². The van der Waals surface area contributed by atoms with Crippen LogP contribution in [0.2, 0.25) is 0 Å². The zero-order chi connectivity index (χ0) is 18.2. The topological polar surface area (TPSA) is 71.1 Å². The number of benzene rings is 1. The fraction of sp³-hybridized carbons (Fsp3) is 0.650. The van der Waals surface area contributed by atoms with E-state index in [2.05, 4.69) is 16.8 Å². The molecule has 1 aromatic rings. The van der Waals surface area contributed by atoms with Gasteiger partial charge in [-0.2, -0.15) is 0 Å². The van der Waals surface area contributed by atoms with Crippen molar-refractivity contribution in [2.45, 2.75) is 58.1 Å².